The van der Waals surface area contributed by atoms with Crippen LogP contribution in [0.5, 0.6) is 0 Å². The molecule has 1 aromatic rings. The van der Waals surface area contributed by atoms with E-state index in [4.69, 9.17) is 11.6 Å². The van der Waals surface area contributed by atoms with Crippen molar-refractivity contribution in [1.82, 2.24) is 4.73 Å². The highest BCUT2D eigenvalue weighted by molar-refractivity contribution is 6.30. The molecule has 1 heterocycles. The minimum atomic E-state index is 0. The summed E-state index contributed by atoms with van der Waals surface area (Å²) in [6.45, 7) is 4.29. The van der Waals surface area contributed by atoms with Crippen molar-refractivity contribution in [3.05, 3.63) is 28.3 Å². The van der Waals surface area contributed by atoms with E-state index in [1.165, 1.54) is 0 Å². The Morgan fingerprint density at radius 2 is 2.15 bits per heavy atom. The largest absolute Gasteiger partial charge is 0.427 e. The Kier molecular flexibility index (Phi) is 4.88. The smallest absolute Gasteiger partial charge is 0.165 e. The SMILES string of the molecule is CCN=c1cc(Cl)cc(C)n1O.Cl. The number of rotatable bonds is 1. The van der Waals surface area contributed by atoms with E-state index >= 15 is 0 Å². The van der Waals surface area contributed by atoms with Crippen LogP contribution in [0.4, 0.5) is 0 Å². The van der Waals surface area contributed by atoms with Crippen molar-refractivity contribution in [2.45, 2.75) is 13.8 Å². The van der Waals surface area contributed by atoms with E-state index in [2.05, 4.69) is 4.99 Å². The molecule has 3 nitrogen and oxygen atoms in total. The monoisotopic (exact) mass is 222 g/mol. The van der Waals surface area contributed by atoms with Gasteiger partial charge in [0.15, 0.2) is 5.49 Å². The van der Waals surface area contributed by atoms with Crippen molar-refractivity contribution in [3.8, 4) is 0 Å². The predicted octanol–water partition coefficient (Wildman–Crippen LogP) is 2.03. The van der Waals surface area contributed by atoms with Gasteiger partial charge in [0.05, 0.1) is 5.69 Å². The van der Waals surface area contributed by atoms with Gasteiger partial charge in [-0.15, -0.1) is 12.4 Å². The van der Waals surface area contributed by atoms with E-state index in [0.717, 1.165) is 4.73 Å². The number of pyridine rings is 1. The van der Waals surface area contributed by atoms with Crippen molar-refractivity contribution >= 4 is 24.0 Å². The minimum absolute atomic E-state index is 0. The fraction of sp³-hybridized carbons (Fsp3) is 0.375. The lowest BCUT2D eigenvalue weighted by atomic mass is 10.4. The molecule has 1 rings (SSSR count). The van der Waals surface area contributed by atoms with E-state index in [0.29, 0.717) is 22.7 Å². The third-order valence-corrected chi connectivity index (χ3v) is 1.70. The molecule has 13 heavy (non-hydrogen) atoms. The van der Waals surface area contributed by atoms with Gasteiger partial charge in [0.1, 0.15) is 0 Å². The van der Waals surface area contributed by atoms with Gasteiger partial charge in [0.2, 0.25) is 0 Å². The maximum atomic E-state index is 9.42. The summed E-state index contributed by atoms with van der Waals surface area (Å²) in [5.41, 5.74) is 1.16. The fourth-order valence-electron chi connectivity index (χ4n) is 0.942. The maximum Gasteiger partial charge on any atom is 0.165 e. The molecule has 0 aliphatic heterocycles. The predicted molar refractivity (Wildman–Crippen MR) is 54.7 cm³/mol. The third kappa shape index (κ3) is 2.94. The quantitative estimate of drug-likeness (QED) is 0.726. The fourth-order valence-corrected chi connectivity index (χ4v) is 1.20. The molecular weight excluding hydrogens is 211 g/mol. The molecule has 0 radical (unpaired) electrons. The first-order valence-electron chi connectivity index (χ1n) is 3.74. The zero-order valence-electron chi connectivity index (χ0n) is 7.49. The molecule has 0 aliphatic carbocycles. The van der Waals surface area contributed by atoms with Crippen LogP contribution in [-0.4, -0.2) is 16.5 Å². The van der Waals surface area contributed by atoms with Crippen LogP contribution in [0.3, 0.4) is 0 Å². The normalized spacial score (nSPS) is 11.2. The van der Waals surface area contributed by atoms with Gasteiger partial charge >= 0.3 is 0 Å². The molecule has 5 heteroatoms. The van der Waals surface area contributed by atoms with Crippen LogP contribution in [0, 0.1) is 6.92 Å². The molecule has 0 unspecified atom stereocenters. The average molecular weight is 223 g/mol. The van der Waals surface area contributed by atoms with Crippen LogP contribution in [-0.2, 0) is 0 Å². The van der Waals surface area contributed by atoms with Crippen molar-refractivity contribution in [1.29, 1.82) is 0 Å². The van der Waals surface area contributed by atoms with Gasteiger partial charge in [-0.3, -0.25) is 4.99 Å². The molecular formula is C8H12Cl2N2O. The van der Waals surface area contributed by atoms with E-state index < -0.39 is 0 Å². The van der Waals surface area contributed by atoms with Crippen LogP contribution in [0.25, 0.3) is 0 Å². The zero-order chi connectivity index (χ0) is 9.14. The molecule has 0 fully saturated rings. The Morgan fingerprint density at radius 3 is 2.69 bits per heavy atom. The Balaban J connectivity index is 0.00000144. The van der Waals surface area contributed by atoms with Gasteiger partial charge in [0, 0.05) is 17.6 Å². The summed E-state index contributed by atoms with van der Waals surface area (Å²) >= 11 is 5.77. The van der Waals surface area contributed by atoms with Crippen LogP contribution >= 0.6 is 24.0 Å². The summed E-state index contributed by atoms with van der Waals surface area (Å²) in [6.07, 6.45) is 0. The lowest BCUT2D eigenvalue weighted by Gasteiger charge is -2.03. The average Bonchev–Trinajstić information content (AvgIpc) is 2.00. The highest BCUT2D eigenvalue weighted by atomic mass is 35.5. The van der Waals surface area contributed by atoms with Gasteiger partial charge in [-0.1, -0.05) is 11.6 Å². The van der Waals surface area contributed by atoms with Gasteiger partial charge < -0.3 is 5.21 Å². The van der Waals surface area contributed by atoms with E-state index in [9.17, 15) is 5.21 Å². The highest BCUT2D eigenvalue weighted by Gasteiger charge is 1.96. The van der Waals surface area contributed by atoms with Crippen LogP contribution in [0.2, 0.25) is 5.02 Å². The minimum Gasteiger partial charge on any atom is -0.427 e. The molecule has 1 N–H and O–H groups in total. The molecule has 74 valence electrons. The molecule has 0 saturated carbocycles. The van der Waals surface area contributed by atoms with Crippen molar-refractivity contribution in [3.63, 3.8) is 0 Å². The molecule has 0 amide bonds. The highest BCUT2D eigenvalue weighted by Crippen LogP contribution is 2.05. The van der Waals surface area contributed by atoms with Gasteiger partial charge in [-0.25, -0.2) is 0 Å². The van der Waals surface area contributed by atoms with E-state index in [-0.39, 0.29) is 12.4 Å². The van der Waals surface area contributed by atoms with Gasteiger partial charge in [0.25, 0.3) is 0 Å². The standard InChI is InChI=1S/C8H11ClN2O.ClH/c1-3-10-8-5-7(9)4-6(2)11(8)12;/h4-5,12H,3H2,1-2H3;1H. The van der Waals surface area contributed by atoms with E-state index in [1.807, 2.05) is 6.92 Å². The Hall–Kier alpha value is -0.670. The van der Waals surface area contributed by atoms with E-state index in [1.54, 1.807) is 19.1 Å². The summed E-state index contributed by atoms with van der Waals surface area (Å²) < 4.78 is 1.02. The van der Waals surface area contributed by atoms with Crippen LogP contribution in [0.15, 0.2) is 17.1 Å². The number of aromatic nitrogens is 1. The molecule has 0 aromatic carbocycles. The lowest BCUT2D eigenvalue weighted by molar-refractivity contribution is 0.165. The summed E-state index contributed by atoms with van der Waals surface area (Å²) in [6, 6.07) is 3.30. The number of hydrogen-bond acceptors (Lipinski definition) is 2. The first-order valence-corrected chi connectivity index (χ1v) is 4.12. The Bertz CT molecular complexity index is 346. The zero-order valence-corrected chi connectivity index (χ0v) is 9.06. The Morgan fingerprint density at radius 1 is 1.54 bits per heavy atom. The van der Waals surface area contributed by atoms with Crippen molar-refractivity contribution < 1.29 is 5.21 Å². The summed E-state index contributed by atoms with van der Waals surface area (Å²) in [7, 11) is 0. The molecule has 0 spiro atoms. The number of nitrogens with zero attached hydrogens (tertiary/aromatic N) is 2. The summed E-state index contributed by atoms with van der Waals surface area (Å²) in [5, 5.41) is 10.0. The molecule has 0 aliphatic rings. The first-order chi connectivity index (χ1) is 5.65. The molecule has 0 atom stereocenters. The number of hydrogen-bond donors (Lipinski definition) is 1. The molecule has 0 saturated heterocycles. The maximum absolute atomic E-state index is 9.42. The first kappa shape index (κ1) is 12.3. The van der Waals surface area contributed by atoms with Crippen LogP contribution < -0.4 is 5.49 Å². The van der Waals surface area contributed by atoms with Gasteiger partial charge in [-0.05, 0) is 19.9 Å². The molecule has 1 aromatic heterocycles. The van der Waals surface area contributed by atoms with Gasteiger partial charge in [-0.2, -0.15) is 4.73 Å². The second-order valence-corrected chi connectivity index (χ2v) is 2.90. The van der Waals surface area contributed by atoms with Crippen molar-refractivity contribution in [2.24, 2.45) is 4.99 Å². The topological polar surface area (TPSA) is 37.5 Å². The number of halogens is 2. The molecule has 0 bridgehead atoms. The second-order valence-electron chi connectivity index (χ2n) is 2.46. The van der Waals surface area contributed by atoms with Crippen LogP contribution in [0.1, 0.15) is 12.6 Å². The number of aryl methyl sites for hydroxylation is 1. The summed E-state index contributed by atoms with van der Waals surface area (Å²) in [4.78, 5) is 4.06. The Labute approximate surface area is 88.1 Å². The lowest BCUT2D eigenvalue weighted by Crippen LogP contribution is -2.20. The third-order valence-electron chi connectivity index (χ3n) is 1.48. The summed E-state index contributed by atoms with van der Waals surface area (Å²) in [5.74, 6) is 0. The second kappa shape index (κ2) is 5.14. The van der Waals surface area contributed by atoms with Crippen molar-refractivity contribution in [2.75, 3.05) is 6.54 Å².